The molecule has 2 aliphatic rings. The van der Waals surface area contributed by atoms with E-state index in [1.807, 2.05) is 30.3 Å². The second-order valence-electron chi connectivity index (χ2n) is 7.99. The first-order valence-corrected chi connectivity index (χ1v) is 10.8. The number of nitrogens with zero attached hydrogens (tertiary/aromatic N) is 2. The van der Waals surface area contributed by atoms with Crippen LogP contribution < -0.4 is 4.74 Å². The number of nitrogens with one attached hydrogen (secondary N) is 1. The normalized spacial score (nSPS) is 24.7. The molecule has 0 spiro atoms. The summed E-state index contributed by atoms with van der Waals surface area (Å²) in [6, 6.07) is 20.4. The molecule has 2 saturated heterocycles. The zero-order valence-electron chi connectivity index (χ0n) is 16.9. The lowest BCUT2D eigenvalue weighted by Crippen LogP contribution is -2.34. The first-order valence-electron chi connectivity index (χ1n) is 10.5. The third-order valence-corrected chi connectivity index (χ3v) is 6.20. The number of aromatic nitrogens is 3. The topological polar surface area (TPSA) is 89.5 Å². The molecule has 4 aromatic rings. The number of aromatic amines is 1. The van der Waals surface area contributed by atoms with Crippen LogP contribution in [0.5, 0.6) is 6.01 Å². The van der Waals surface area contributed by atoms with Crippen LogP contribution in [0.3, 0.4) is 0 Å². The molecule has 2 aromatic carbocycles. The molecule has 4 atom stereocenters. The molecule has 0 amide bonds. The molecular weight excluding hydrogens is 430 g/mol. The zero-order valence-corrected chi connectivity index (χ0v) is 17.7. The summed E-state index contributed by atoms with van der Waals surface area (Å²) in [5.41, 5.74) is 5.02. The molecule has 7 nitrogen and oxygen atoms in total. The number of fused-ring (bicyclic) bond motifs is 2. The van der Waals surface area contributed by atoms with Crippen LogP contribution in [0.2, 0.25) is 5.02 Å². The average molecular weight is 450 g/mol. The number of imidazole rings is 1. The summed E-state index contributed by atoms with van der Waals surface area (Å²) in [6.45, 7) is 0.579. The summed E-state index contributed by atoms with van der Waals surface area (Å²) < 4.78 is 17.2. The molecule has 0 bridgehead atoms. The van der Waals surface area contributed by atoms with E-state index in [9.17, 15) is 5.11 Å². The van der Waals surface area contributed by atoms with Crippen LogP contribution in [0.1, 0.15) is 0 Å². The van der Waals surface area contributed by atoms with Gasteiger partial charge in [0.05, 0.1) is 29.4 Å². The Kier molecular flexibility index (Phi) is 4.84. The van der Waals surface area contributed by atoms with Gasteiger partial charge in [0.1, 0.15) is 18.3 Å². The van der Waals surface area contributed by atoms with Crippen molar-refractivity contribution in [2.24, 2.45) is 0 Å². The Hall–Kier alpha value is -2.97. The van der Waals surface area contributed by atoms with Gasteiger partial charge in [0.15, 0.2) is 11.8 Å². The number of aliphatic hydroxyl groups is 1. The highest BCUT2D eigenvalue weighted by Crippen LogP contribution is 2.33. The molecule has 2 aromatic heterocycles. The summed E-state index contributed by atoms with van der Waals surface area (Å²) in [6.07, 6.45) is -1.64. The van der Waals surface area contributed by atoms with Crippen molar-refractivity contribution in [3.8, 4) is 28.4 Å². The molecular formula is C24H20ClN3O4. The number of pyridine rings is 1. The minimum absolute atomic E-state index is 0.249. The van der Waals surface area contributed by atoms with E-state index in [-0.39, 0.29) is 24.9 Å². The number of hydrogen-bond acceptors (Lipinski definition) is 6. The third-order valence-electron chi connectivity index (χ3n) is 5.92. The van der Waals surface area contributed by atoms with Gasteiger partial charge in [-0.1, -0.05) is 66.2 Å². The molecule has 0 unspecified atom stereocenters. The van der Waals surface area contributed by atoms with Crippen LogP contribution in [0.15, 0.2) is 60.7 Å². The molecule has 2 N–H and O–H groups in total. The van der Waals surface area contributed by atoms with Crippen molar-refractivity contribution in [1.82, 2.24) is 15.0 Å². The first kappa shape index (κ1) is 19.7. The second kappa shape index (κ2) is 7.86. The summed E-state index contributed by atoms with van der Waals surface area (Å²) in [5.74, 6) is 0. The molecule has 0 saturated carbocycles. The van der Waals surface area contributed by atoms with Crippen LogP contribution in [-0.2, 0) is 9.47 Å². The predicted octanol–water partition coefficient (Wildman–Crippen LogP) is 3.85. The zero-order chi connectivity index (χ0) is 21.7. The Morgan fingerprint density at radius 1 is 0.906 bits per heavy atom. The molecule has 32 heavy (non-hydrogen) atoms. The van der Waals surface area contributed by atoms with Crippen LogP contribution in [-0.4, -0.2) is 57.7 Å². The van der Waals surface area contributed by atoms with Crippen molar-refractivity contribution in [2.45, 2.75) is 24.4 Å². The van der Waals surface area contributed by atoms with E-state index in [0.717, 1.165) is 16.7 Å². The van der Waals surface area contributed by atoms with Gasteiger partial charge in [-0.3, -0.25) is 0 Å². The number of aliphatic hydroxyl groups excluding tert-OH is 1. The Bertz CT molecular complexity index is 1260. The van der Waals surface area contributed by atoms with Gasteiger partial charge < -0.3 is 24.3 Å². The number of rotatable bonds is 4. The third kappa shape index (κ3) is 3.43. The first-order chi connectivity index (χ1) is 15.7. The van der Waals surface area contributed by atoms with Gasteiger partial charge >= 0.3 is 0 Å². The van der Waals surface area contributed by atoms with Crippen LogP contribution >= 0.6 is 11.6 Å². The number of H-pyrrole nitrogens is 1. The highest BCUT2D eigenvalue weighted by molar-refractivity contribution is 6.33. The fraction of sp³-hybridized carbons (Fsp3) is 0.250. The van der Waals surface area contributed by atoms with E-state index in [4.69, 9.17) is 25.8 Å². The largest absolute Gasteiger partial charge is 0.456 e. The lowest BCUT2D eigenvalue weighted by molar-refractivity contribution is 0.00706. The maximum Gasteiger partial charge on any atom is 0.296 e. The molecule has 2 fully saturated rings. The van der Waals surface area contributed by atoms with Crippen molar-refractivity contribution in [3.05, 3.63) is 65.7 Å². The summed E-state index contributed by atoms with van der Waals surface area (Å²) >= 11 is 6.54. The van der Waals surface area contributed by atoms with E-state index in [2.05, 4.69) is 39.2 Å². The number of hydrogen-bond donors (Lipinski definition) is 2. The number of ether oxygens (including phenoxy) is 3. The molecule has 6 rings (SSSR count). The van der Waals surface area contributed by atoms with Crippen molar-refractivity contribution < 1.29 is 19.3 Å². The molecule has 4 heterocycles. The van der Waals surface area contributed by atoms with Gasteiger partial charge in [0.25, 0.3) is 6.01 Å². The fourth-order valence-corrected chi connectivity index (χ4v) is 4.55. The van der Waals surface area contributed by atoms with E-state index >= 15 is 0 Å². The molecule has 8 heteroatoms. The van der Waals surface area contributed by atoms with Gasteiger partial charge in [-0.25, -0.2) is 4.98 Å². The van der Waals surface area contributed by atoms with Gasteiger partial charge in [-0.05, 0) is 17.2 Å². The van der Waals surface area contributed by atoms with Crippen LogP contribution in [0.4, 0.5) is 0 Å². The summed E-state index contributed by atoms with van der Waals surface area (Å²) in [4.78, 5) is 12.3. The quantitative estimate of drug-likeness (QED) is 0.492. The monoisotopic (exact) mass is 449 g/mol. The molecule has 0 aliphatic carbocycles. The number of benzene rings is 2. The number of halogens is 1. The summed E-state index contributed by atoms with van der Waals surface area (Å²) in [5, 5.41) is 10.4. The smallest absolute Gasteiger partial charge is 0.296 e. The summed E-state index contributed by atoms with van der Waals surface area (Å²) in [7, 11) is 0. The predicted molar refractivity (Wildman–Crippen MR) is 120 cm³/mol. The van der Waals surface area contributed by atoms with Crippen molar-refractivity contribution >= 4 is 22.8 Å². The average Bonchev–Trinajstić information content (AvgIpc) is 3.51. The van der Waals surface area contributed by atoms with Crippen LogP contribution in [0, 0.1) is 0 Å². The highest BCUT2D eigenvalue weighted by atomic mass is 35.5. The minimum Gasteiger partial charge on any atom is -0.456 e. The van der Waals surface area contributed by atoms with Crippen molar-refractivity contribution in [2.75, 3.05) is 13.2 Å². The molecule has 162 valence electrons. The highest BCUT2D eigenvalue weighted by Gasteiger charge is 2.48. The van der Waals surface area contributed by atoms with E-state index in [0.29, 0.717) is 34.5 Å². The standard InChI is InChI=1S/C24H20ClN3O4/c25-16-10-17-23(28-24(26-17)32-19-12-31-21-18(29)11-30-22(19)21)27-20(16)15-8-6-14(7-9-15)13-4-2-1-3-5-13/h1-10,18-19,21-22,29H,11-12H2,(H,26,27,28)/t18-,19-,21-,22+/m1/s1. The van der Waals surface area contributed by atoms with Gasteiger partial charge in [0.2, 0.25) is 0 Å². The maximum absolute atomic E-state index is 9.90. The van der Waals surface area contributed by atoms with Gasteiger partial charge in [-0.15, -0.1) is 0 Å². The molecule has 2 aliphatic heterocycles. The van der Waals surface area contributed by atoms with Crippen LogP contribution in [0.25, 0.3) is 33.5 Å². The molecule has 0 radical (unpaired) electrons. The van der Waals surface area contributed by atoms with E-state index in [1.54, 1.807) is 6.07 Å². The van der Waals surface area contributed by atoms with E-state index < -0.39 is 6.10 Å². The van der Waals surface area contributed by atoms with Crippen molar-refractivity contribution in [3.63, 3.8) is 0 Å². The van der Waals surface area contributed by atoms with Gasteiger partial charge in [0, 0.05) is 5.56 Å². The minimum atomic E-state index is -0.624. The lowest BCUT2D eigenvalue weighted by Gasteiger charge is -2.15. The lowest BCUT2D eigenvalue weighted by atomic mass is 10.0. The fourth-order valence-electron chi connectivity index (χ4n) is 4.29. The Labute approximate surface area is 188 Å². The van der Waals surface area contributed by atoms with E-state index in [1.165, 1.54) is 0 Å². The Morgan fingerprint density at radius 2 is 1.62 bits per heavy atom. The van der Waals surface area contributed by atoms with Crippen molar-refractivity contribution in [1.29, 1.82) is 0 Å². The Balaban J connectivity index is 1.26. The second-order valence-corrected chi connectivity index (χ2v) is 8.40. The Morgan fingerprint density at radius 3 is 2.44 bits per heavy atom. The van der Waals surface area contributed by atoms with Gasteiger partial charge in [-0.2, -0.15) is 4.98 Å². The SMILES string of the molecule is O[C@@H]1CO[C@@H]2[C@@H]1OC[C@H]2Oc1nc2nc(-c3ccc(-c4ccccc4)cc3)c(Cl)cc2[nH]1. The maximum atomic E-state index is 9.90.